The molecule has 0 radical (unpaired) electrons. The largest absolute Gasteiger partial charge is 0.488 e. The fourth-order valence-electron chi connectivity index (χ4n) is 5.56. The first-order chi connectivity index (χ1) is 21.5. The molecule has 10 nitrogen and oxygen atoms in total. The lowest BCUT2D eigenvalue weighted by atomic mass is 10.0. The minimum Gasteiger partial charge on any atom is -0.488 e. The molecule has 1 aliphatic heterocycles. The summed E-state index contributed by atoms with van der Waals surface area (Å²) < 4.78 is 36.6. The number of aliphatic hydroxyl groups is 1. The summed E-state index contributed by atoms with van der Waals surface area (Å²) in [5, 5.41) is 9.85. The number of fused-ring (bicyclic) bond motifs is 1. The number of amides is 1. The number of sulfonamides is 1. The molecule has 2 heterocycles. The van der Waals surface area contributed by atoms with Gasteiger partial charge in [-0.25, -0.2) is 4.98 Å². The number of anilines is 1. The lowest BCUT2D eigenvalue weighted by Crippen LogP contribution is -2.47. The van der Waals surface area contributed by atoms with Gasteiger partial charge in [0.2, 0.25) is 5.91 Å². The number of carbonyl (C=O) groups is 1. The molecule has 1 aliphatic rings. The van der Waals surface area contributed by atoms with Gasteiger partial charge in [-0.05, 0) is 48.9 Å². The number of nitrogens with zero attached hydrogens (tertiary/aromatic N) is 4. The average molecular weight is 632 g/mol. The summed E-state index contributed by atoms with van der Waals surface area (Å²) in [6.07, 6.45) is 2.55. The third kappa shape index (κ3) is 7.91. The highest BCUT2D eigenvalue weighted by molar-refractivity contribution is 7.92. The molecule has 2 N–H and O–H groups in total. The fourth-order valence-corrected chi connectivity index (χ4v) is 6.60. The number of aromatic nitrogens is 2. The van der Waals surface area contributed by atoms with Crippen molar-refractivity contribution >= 4 is 21.6 Å². The molecule has 3 aromatic carbocycles. The van der Waals surface area contributed by atoms with Crippen LogP contribution in [-0.2, 0) is 34.8 Å². The van der Waals surface area contributed by atoms with Crippen LogP contribution < -0.4 is 9.46 Å². The molecule has 0 bridgehead atoms. The maximum Gasteiger partial charge on any atom is 0.280 e. The number of nitrogens with one attached hydrogen (secondary N) is 1. The highest BCUT2D eigenvalue weighted by Crippen LogP contribution is 2.30. The lowest BCUT2D eigenvalue weighted by Gasteiger charge is -2.34. The number of rotatable bonds is 10. The zero-order valence-electron chi connectivity index (χ0n) is 26.1. The van der Waals surface area contributed by atoms with Crippen molar-refractivity contribution < 1.29 is 23.1 Å². The van der Waals surface area contributed by atoms with Crippen LogP contribution in [0.3, 0.4) is 0 Å². The van der Waals surface area contributed by atoms with E-state index in [0.29, 0.717) is 36.6 Å². The summed E-state index contributed by atoms with van der Waals surface area (Å²) in [5.74, 6) is 0.310. The van der Waals surface area contributed by atoms with Crippen LogP contribution in [0.5, 0.6) is 5.75 Å². The summed E-state index contributed by atoms with van der Waals surface area (Å²) in [5.41, 5.74) is 4.37. The zero-order valence-corrected chi connectivity index (χ0v) is 26.9. The molecule has 238 valence electrons. The van der Waals surface area contributed by atoms with Crippen molar-refractivity contribution in [3.63, 3.8) is 0 Å². The Labute approximate surface area is 265 Å². The van der Waals surface area contributed by atoms with E-state index in [9.17, 15) is 18.3 Å². The summed E-state index contributed by atoms with van der Waals surface area (Å²) >= 11 is 0. The molecular weight excluding hydrogens is 590 g/mol. The van der Waals surface area contributed by atoms with E-state index in [2.05, 4.69) is 57.9 Å². The topological polar surface area (TPSA) is 117 Å². The molecular formula is C34H41N5O5S. The van der Waals surface area contributed by atoms with Gasteiger partial charge in [-0.15, -0.1) is 0 Å². The summed E-state index contributed by atoms with van der Waals surface area (Å²) in [6.45, 7) is 5.42. The van der Waals surface area contributed by atoms with Gasteiger partial charge in [0.05, 0.1) is 25.4 Å². The van der Waals surface area contributed by atoms with E-state index in [1.54, 1.807) is 34.7 Å². The Hall–Kier alpha value is -4.19. The first-order valence-electron chi connectivity index (χ1n) is 15.1. The highest BCUT2D eigenvalue weighted by Gasteiger charge is 2.31. The number of hydrogen-bond acceptors (Lipinski definition) is 7. The lowest BCUT2D eigenvalue weighted by molar-refractivity contribution is -0.134. The molecule has 0 saturated heterocycles. The number of ether oxygens (including phenoxy) is 1. The van der Waals surface area contributed by atoms with Gasteiger partial charge in [0, 0.05) is 50.0 Å². The minimum absolute atomic E-state index is 0.00186. The van der Waals surface area contributed by atoms with Crippen LogP contribution in [0.15, 0.2) is 90.3 Å². The van der Waals surface area contributed by atoms with E-state index in [4.69, 9.17) is 4.74 Å². The molecule has 1 aromatic heterocycles. The summed E-state index contributed by atoms with van der Waals surface area (Å²) in [6, 6.07) is 23.4. The Morgan fingerprint density at radius 2 is 1.80 bits per heavy atom. The van der Waals surface area contributed by atoms with Gasteiger partial charge >= 0.3 is 0 Å². The second kappa shape index (κ2) is 13.8. The van der Waals surface area contributed by atoms with Crippen molar-refractivity contribution in [3.8, 4) is 16.9 Å². The third-order valence-corrected chi connectivity index (χ3v) is 9.40. The second-order valence-corrected chi connectivity index (χ2v) is 13.6. The third-order valence-electron chi connectivity index (χ3n) is 8.13. The van der Waals surface area contributed by atoms with E-state index < -0.39 is 10.0 Å². The first kappa shape index (κ1) is 32.2. The number of benzene rings is 3. The molecule has 4 aromatic rings. The zero-order chi connectivity index (χ0) is 32.1. The van der Waals surface area contributed by atoms with Crippen molar-refractivity contribution in [2.45, 2.75) is 44.0 Å². The van der Waals surface area contributed by atoms with Gasteiger partial charge in [-0.3, -0.25) is 14.4 Å². The van der Waals surface area contributed by atoms with Crippen LogP contribution >= 0.6 is 0 Å². The molecule has 0 spiro atoms. The van der Waals surface area contributed by atoms with Crippen molar-refractivity contribution in [3.05, 3.63) is 96.4 Å². The molecule has 45 heavy (non-hydrogen) atoms. The van der Waals surface area contributed by atoms with Gasteiger partial charge < -0.3 is 19.3 Å². The Morgan fingerprint density at radius 1 is 1.09 bits per heavy atom. The van der Waals surface area contributed by atoms with Gasteiger partial charge in [-0.2, -0.15) is 8.42 Å². The monoisotopic (exact) mass is 631 g/mol. The van der Waals surface area contributed by atoms with Crippen molar-refractivity contribution in [2.75, 3.05) is 31.5 Å². The van der Waals surface area contributed by atoms with Crippen LogP contribution in [-0.4, -0.2) is 77.7 Å². The molecule has 0 aliphatic carbocycles. The van der Waals surface area contributed by atoms with Crippen molar-refractivity contribution in [1.82, 2.24) is 19.4 Å². The maximum atomic E-state index is 13.5. The Balaban J connectivity index is 1.37. The normalized spacial score (nSPS) is 18.0. The van der Waals surface area contributed by atoms with Gasteiger partial charge in [0.15, 0.2) is 5.03 Å². The van der Waals surface area contributed by atoms with E-state index in [-0.39, 0.29) is 42.0 Å². The number of imidazole rings is 1. The predicted octanol–water partition coefficient (Wildman–Crippen LogP) is 4.17. The van der Waals surface area contributed by atoms with Crippen molar-refractivity contribution in [1.29, 1.82) is 0 Å². The number of aliphatic hydroxyl groups excluding tert-OH is 1. The average Bonchev–Trinajstić information content (AvgIpc) is 3.49. The maximum absolute atomic E-state index is 13.5. The Morgan fingerprint density at radius 3 is 2.47 bits per heavy atom. The van der Waals surface area contributed by atoms with Gasteiger partial charge in [0.25, 0.3) is 10.0 Å². The quantitative estimate of drug-likeness (QED) is 0.270. The second-order valence-electron chi connectivity index (χ2n) is 12.0. The molecule has 3 atom stereocenters. The van der Waals surface area contributed by atoms with Crippen LogP contribution in [0.1, 0.15) is 25.0 Å². The molecule has 11 heteroatoms. The molecule has 5 rings (SSSR count). The number of aryl methyl sites for hydroxylation is 1. The highest BCUT2D eigenvalue weighted by atomic mass is 32.2. The minimum atomic E-state index is -3.93. The Bertz CT molecular complexity index is 1710. The van der Waals surface area contributed by atoms with E-state index in [1.165, 1.54) is 23.7 Å². The molecule has 0 saturated carbocycles. The van der Waals surface area contributed by atoms with Gasteiger partial charge in [0.1, 0.15) is 11.9 Å². The van der Waals surface area contributed by atoms with Crippen LogP contribution in [0.25, 0.3) is 11.1 Å². The predicted molar refractivity (Wildman–Crippen MR) is 174 cm³/mol. The van der Waals surface area contributed by atoms with Gasteiger partial charge in [-0.1, -0.05) is 61.5 Å². The molecule has 1 amide bonds. The standard InChI is InChI=1S/C34H41N5O5S/c1-24-18-39(25(2)22-40)34(41)17-29-16-30(36-45(42,43)33-21-38(4)23-35-33)14-15-31(29)44-32(24)20-37(3)19-26-10-12-28(13-11-26)27-8-6-5-7-9-27/h5-16,21,23-25,32,36,40H,17-20,22H2,1-4H3/t24-,25+,32+/m1/s1. The Kier molecular flexibility index (Phi) is 9.91. The van der Waals surface area contributed by atoms with Crippen LogP contribution in [0.4, 0.5) is 5.69 Å². The number of carbonyl (C=O) groups excluding carboxylic acids is 1. The SMILES string of the molecule is C[C@@H]1CN([C@@H](C)CO)C(=O)Cc2cc(NS(=O)(=O)c3cn(C)cn3)ccc2O[C@H]1CN(C)Cc1ccc(-c2ccccc2)cc1. The van der Waals surface area contributed by atoms with E-state index in [0.717, 1.165) is 5.56 Å². The molecule has 0 fully saturated rings. The van der Waals surface area contributed by atoms with Crippen LogP contribution in [0.2, 0.25) is 0 Å². The van der Waals surface area contributed by atoms with Crippen LogP contribution in [0, 0.1) is 5.92 Å². The van der Waals surface area contributed by atoms with E-state index >= 15 is 0 Å². The van der Waals surface area contributed by atoms with E-state index in [1.807, 2.05) is 32.2 Å². The summed E-state index contributed by atoms with van der Waals surface area (Å²) in [4.78, 5) is 21.4. The van der Waals surface area contributed by atoms with Crippen molar-refractivity contribution in [2.24, 2.45) is 13.0 Å². The number of likely N-dealkylation sites (N-methyl/N-ethyl adjacent to an activating group) is 1. The summed E-state index contributed by atoms with van der Waals surface area (Å²) in [7, 11) is -0.187. The first-order valence-corrected chi connectivity index (χ1v) is 16.5. The number of hydrogen-bond donors (Lipinski definition) is 2. The fraction of sp³-hybridized carbons (Fsp3) is 0.353. The smallest absolute Gasteiger partial charge is 0.280 e. The molecule has 0 unspecified atom stereocenters.